The predicted molar refractivity (Wildman–Crippen MR) is 56.4 cm³/mol. The molecule has 1 aliphatic rings. The van der Waals surface area contributed by atoms with Crippen LogP contribution in [0.2, 0.25) is 0 Å². The molecule has 0 fully saturated rings. The van der Waals surface area contributed by atoms with Crippen LogP contribution in [0.25, 0.3) is 0 Å². The zero-order valence-electron chi connectivity index (χ0n) is 9.97. The van der Waals surface area contributed by atoms with Gasteiger partial charge in [-0.2, -0.15) is 0 Å². The van der Waals surface area contributed by atoms with Crippen molar-refractivity contribution in [1.29, 1.82) is 0 Å². The van der Waals surface area contributed by atoms with Crippen LogP contribution in [0.15, 0.2) is 4.52 Å². The van der Waals surface area contributed by atoms with Crippen LogP contribution in [-0.4, -0.2) is 12.2 Å². The third-order valence-electron chi connectivity index (χ3n) is 2.77. The summed E-state index contributed by atoms with van der Waals surface area (Å²) in [6.45, 7) is 8.83. The number of hydrogen-bond donors (Lipinski definition) is 1. The van der Waals surface area contributed by atoms with E-state index in [0.717, 1.165) is 17.0 Å². The molecule has 0 radical (unpaired) electrons. The Kier molecular flexibility index (Phi) is 2.17. The first-order chi connectivity index (χ1) is 6.88. The van der Waals surface area contributed by atoms with E-state index < -0.39 is 0 Å². The maximum absolute atomic E-state index is 5.97. The standard InChI is InChI=1S/C11H18N2O2/c1-10(2)8-7(6-12-5)13-14-9(8)11(3,4)15-10/h12H,6H2,1-5H3. The SMILES string of the molecule is CNCc1noc2c1C(C)(C)OC2(C)C. The summed E-state index contributed by atoms with van der Waals surface area (Å²) in [7, 11) is 1.90. The van der Waals surface area contributed by atoms with E-state index in [1.165, 1.54) is 0 Å². The van der Waals surface area contributed by atoms with Crippen LogP contribution in [0, 0.1) is 0 Å². The third kappa shape index (κ3) is 1.48. The fourth-order valence-electron chi connectivity index (χ4n) is 2.38. The number of ether oxygens (including phenoxy) is 1. The highest BCUT2D eigenvalue weighted by molar-refractivity contribution is 5.36. The molecule has 1 aliphatic heterocycles. The lowest BCUT2D eigenvalue weighted by molar-refractivity contribution is -0.114. The topological polar surface area (TPSA) is 47.3 Å². The van der Waals surface area contributed by atoms with E-state index in [-0.39, 0.29) is 11.2 Å². The number of nitrogens with zero attached hydrogens (tertiary/aromatic N) is 1. The van der Waals surface area contributed by atoms with Gasteiger partial charge in [-0.3, -0.25) is 0 Å². The summed E-state index contributed by atoms with van der Waals surface area (Å²) in [5.74, 6) is 0.859. The smallest absolute Gasteiger partial charge is 0.174 e. The maximum atomic E-state index is 5.97. The number of hydrogen-bond acceptors (Lipinski definition) is 4. The molecule has 0 amide bonds. The molecule has 0 aromatic carbocycles. The first-order valence-corrected chi connectivity index (χ1v) is 5.23. The Bertz CT molecular complexity index is 380. The lowest BCUT2D eigenvalue weighted by atomic mass is 9.95. The minimum atomic E-state index is -0.377. The summed E-state index contributed by atoms with van der Waals surface area (Å²) in [4.78, 5) is 0. The van der Waals surface area contributed by atoms with Crippen molar-refractivity contribution in [2.45, 2.75) is 45.4 Å². The molecule has 84 valence electrons. The molecule has 0 atom stereocenters. The molecule has 0 unspecified atom stereocenters. The Balaban J connectivity index is 2.53. The summed E-state index contributed by atoms with van der Waals surface area (Å²) in [6, 6.07) is 0. The molecule has 0 saturated carbocycles. The van der Waals surface area contributed by atoms with Crippen molar-refractivity contribution in [1.82, 2.24) is 10.5 Å². The molecule has 1 aromatic rings. The number of rotatable bonds is 2. The van der Waals surface area contributed by atoms with Gasteiger partial charge in [0.25, 0.3) is 0 Å². The second-order valence-electron chi connectivity index (χ2n) is 4.99. The van der Waals surface area contributed by atoms with Gasteiger partial charge in [0.15, 0.2) is 5.76 Å². The molecule has 4 heteroatoms. The van der Waals surface area contributed by atoms with Crippen LogP contribution < -0.4 is 5.32 Å². The summed E-state index contributed by atoms with van der Waals surface area (Å²) < 4.78 is 11.4. The van der Waals surface area contributed by atoms with Gasteiger partial charge in [0.05, 0.1) is 11.2 Å². The van der Waals surface area contributed by atoms with Crippen molar-refractivity contribution in [2.75, 3.05) is 7.05 Å². The average molecular weight is 210 g/mol. The summed E-state index contributed by atoms with van der Waals surface area (Å²) in [5.41, 5.74) is 1.35. The lowest BCUT2D eigenvalue weighted by Gasteiger charge is -2.24. The van der Waals surface area contributed by atoms with E-state index in [1.54, 1.807) is 0 Å². The number of nitrogens with one attached hydrogen (secondary N) is 1. The van der Waals surface area contributed by atoms with Crippen molar-refractivity contribution in [3.63, 3.8) is 0 Å². The highest BCUT2D eigenvalue weighted by Gasteiger charge is 2.48. The zero-order chi connectivity index (χ0) is 11.3. The average Bonchev–Trinajstić information content (AvgIpc) is 2.54. The van der Waals surface area contributed by atoms with Crippen molar-refractivity contribution in [2.24, 2.45) is 0 Å². The molecule has 0 aliphatic carbocycles. The molecule has 2 heterocycles. The molecule has 1 N–H and O–H groups in total. The first kappa shape index (κ1) is 10.6. The van der Waals surface area contributed by atoms with Crippen LogP contribution in [0.4, 0.5) is 0 Å². The number of fused-ring (bicyclic) bond motifs is 1. The van der Waals surface area contributed by atoms with Gasteiger partial charge in [-0.1, -0.05) is 5.16 Å². The van der Waals surface area contributed by atoms with Crippen LogP contribution in [0.5, 0.6) is 0 Å². The Hall–Kier alpha value is -0.870. The summed E-state index contributed by atoms with van der Waals surface area (Å²) in [5, 5.41) is 7.19. The molecule has 0 saturated heterocycles. The largest absolute Gasteiger partial charge is 0.358 e. The third-order valence-corrected chi connectivity index (χ3v) is 2.77. The van der Waals surface area contributed by atoms with E-state index in [9.17, 15) is 0 Å². The van der Waals surface area contributed by atoms with Gasteiger partial charge in [0.2, 0.25) is 0 Å². The number of aromatic nitrogens is 1. The highest BCUT2D eigenvalue weighted by Crippen LogP contribution is 2.47. The lowest BCUT2D eigenvalue weighted by Crippen LogP contribution is -2.24. The Labute approximate surface area is 90.0 Å². The van der Waals surface area contributed by atoms with Crippen molar-refractivity contribution in [3.05, 3.63) is 17.0 Å². The quantitative estimate of drug-likeness (QED) is 0.809. The molecule has 15 heavy (non-hydrogen) atoms. The van der Waals surface area contributed by atoms with Gasteiger partial charge in [-0.05, 0) is 34.7 Å². The Morgan fingerprint density at radius 1 is 1.20 bits per heavy atom. The fraction of sp³-hybridized carbons (Fsp3) is 0.727. The molecular weight excluding hydrogens is 192 g/mol. The van der Waals surface area contributed by atoms with Crippen LogP contribution in [0.1, 0.15) is 44.7 Å². The highest BCUT2D eigenvalue weighted by atomic mass is 16.6. The second-order valence-corrected chi connectivity index (χ2v) is 4.99. The molecule has 2 rings (SSSR count). The predicted octanol–water partition coefficient (Wildman–Crippen LogP) is 1.89. The summed E-state index contributed by atoms with van der Waals surface area (Å²) >= 11 is 0. The van der Waals surface area contributed by atoms with E-state index in [1.807, 2.05) is 20.9 Å². The second kappa shape index (κ2) is 3.06. The fourth-order valence-corrected chi connectivity index (χ4v) is 2.38. The molecule has 0 spiro atoms. The maximum Gasteiger partial charge on any atom is 0.174 e. The summed E-state index contributed by atoms with van der Waals surface area (Å²) in [6.07, 6.45) is 0. The van der Waals surface area contributed by atoms with E-state index in [2.05, 4.69) is 24.3 Å². The minimum absolute atomic E-state index is 0.314. The van der Waals surface area contributed by atoms with Crippen LogP contribution >= 0.6 is 0 Å². The first-order valence-electron chi connectivity index (χ1n) is 5.23. The van der Waals surface area contributed by atoms with Gasteiger partial charge in [0, 0.05) is 6.54 Å². The molecule has 4 nitrogen and oxygen atoms in total. The normalized spacial score (nSPS) is 21.7. The molecule has 1 aromatic heterocycles. The van der Waals surface area contributed by atoms with Gasteiger partial charge in [-0.15, -0.1) is 0 Å². The van der Waals surface area contributed by atoms with Crippen molar-refractivity contribution in [3.8, 4) is 0 Å². The van der Waals surface area contributed by atoms with Gasteiger partial charge in [0.1, 0.15) is 11.3 Å². The minimum Gasteiger partial charge on any atom is -0.358 e. The van der Waals surface area contributed by atoms with Crippen molar-refractivity contribution < 1.29 is 9.26 Å². The van der Waals surface area contributed by atoms with Gasteiger partial charge < -0.3 is 14.6 Å². The van der Waals surface area contributed by atoms with Gasteiger partial charge in [-0.25, -0.2) is 0 Å². The van der Waals surface area contributed by atoms with Gasteiger partial charge >= 0.3 is 0 Å². The van der Waals surface area contributed by atoms with Crippen LogP contribution in [0.3, 0.4) is 0 Å². The van der Waals surface area contributed by atoms with E-state index in [4.69, 9.17) is 9.26 Å². The molecule has 0 bridgehead atoms. The Morgan fingerprint density at radius 2 is 1.87 bits per heavy atom. The zero-order valence-corrected chi connectivity index (χ0v) is 9.97. The van der Waals surface area contributed by atoms with Crippen molar-refractivity contribution >= 4 is 0 Å². The van der Waals surface area contributed by atoms with E-state index in [0.29, 0.717) is 6.54 Å². The Morgan fingerprint density at radius 3 is 2.47 bits per heavy atom. The molecular formula is C11H18N2O2. The van der Waals surface area contributed by atoms with Crippen LogP contribution in [-0.2, 0) is 22.5 Å². The van der Waals surface area contributed by atoms with E-state index >= 15 is 0 Å². The monoisotopic (exact) mass is 210 g/mol.